The number of ether oxygens (including phenoxy) is 1. The fraction of sp³-hybridized carbons (Fsp3) is 0.762. The predicted octanol–water partition coefficient (Wildman–Crippen LogP) is 2.08. The summed E-state index contributed by atoms with van der Waals surface area (Å²) in [6.45, 7) is 10.9. The smallest absolute Gasteiger partial charge is 0.254 e. The molecule has 8 heteroatoms. The van der Waals surface area contributed by atoms with E-state index in [1.54, 1.807) is 0 Å². The summed E-state index contributed by atoms with van der Waals surface area (Å²) in [6, 6.07) is 0. The lowest BCUT2D eigenvalue weighted by Crippen LogP contribution is -2.48. The third-order valence-electron chi connectivity index (χ3n) is 5.96. The average Bonchev–Trinajstić information content (AvgIpc) is 2.66. The van der Waals surface area contributed by atoms with Gasteiger partial charge in [0.1, 0.15) is 0 Å². The molecule has 0 radical (unpaired) electrons. The van der Waals surface area contributed by atoms with E-state index in [1.165, 1.54) is 11.8 Å². The van der Waals surface area contributed by atoms with Gasteiger partial charge in [-0.2, -0.15) is 0 Å². The van der Waals surface area contributed by atoms with Crippen molar-refractivity contribution in [1.82, 2.24) is 19.8 Å². The quantitative estimate of drug-likeness (QED) is 0.559. The molecule has 0 aromatic carbocycles. The molecule has 1 aromatic heterocycles. The number of carbonyl (C=O) groups is 1. The maximum absolute atomic E-state index is 12.7. The van der Waals surface area contributed by atoms with Crippen LogP contribution in [0.15, 0.2) is 9.95 Å². The first-order valence-corrected chi connectivity index (χ1v) is 11.9. The largest absolute Gasteiger partial charge is 0.373 e. The van der Waals surface area contributed by atoms with Crippen molar-refractivity contribution in [3.8, 4) is 0 Å². The number of nitrogens with zero attached hydrogens (tertiary/aromatic N) is 3. The first kappa shape index (κ1) is 22.3. The van der Waals surface area contributed by atoms with Crippen LogP contribution in [0.25, 0.3) is 0 Å². The Kier molecular flexibility index (Phi) is 7.76. The second-order valence-corrected chi connectivity index (χ2v) is 9.23. The summed E-state index contributed by atoms with van der Waals surface area (Å²) in [4.78, 5) is 36.5. The average molecular weight is 423 g/mol. The Morgan fingerprint density at radius 2 is 1.90 bits per heavy atom. The van der Waals surface area contributed by atoms with Crippen LogP contribution in [0.1, 0.15) is 44.4 Å². The highest BCUT2D eigenvalue weighted by atomic mass is 32.2. The molecule has 29 heavy (non-hydrogen) atoms. The van der Waals surface area contributed by atoms with Gasteiger partial charge in [-0.25, -0.2) is 4.98 Å². The Morgan fingerprint density at radius 1 is 1.24 bits per heavy atom. The van der Waals surface area contributed by atoms with Gasteiger partial charge in [0, 0.05) is 50.4 Å². The number of H-pyrrole nitrogens is 1. The number of thioether (sulfide) groups is 1. The monoisotopic (exact) mass is 422 g/mol. The minimum absolute atomic E-state index is 0.123. The molecular formula is C21H34N4O3S. The van der Waals surface area contributed by atoms with Crippen molar-refractivity contribution in [2.45, 2.75) is 63.8 Å². The number of hydrogen-bond donors (Lipinski definition) is 1. The van der Waals surface area contributed by atoms with Crippen LogP contribution in [0.2, 0.25) is 0 Å². The Bertz CT molecular complexity index is 751. The number of piperidine rings is 1. The number of rotatable bonds is 6. The second-order valence-electron chi connectivity index (χ2n) is 8.44. The molecule has 0 bridgehead atoms. The van der Waals surface area contributed by atoms with Gasteiger partial charge in [0.25, 0.3) is 5.56 Å². The third-order valence-corrected chi connectivity index (χ3v) is 6.54. The lowest BCUT2D eigenvalue weighted by atomic mass is 9.95. The van der Waals surface area contributed by atoms with Crippen LogP contribution in [0, 0.1) is 12.8 Å². The molecular weight excluding hydrogens is 388 g/mol. The van der Waals surface area contributed by atoms with Crippen LogP contribution in [0.5, 0.6) is 0 Å². The van der Waals surface area contributed by atoms with Gasteiger partial charge in [-0.15, -0.1) is 0 Å². The van der Waals surface area contributed by atoms with Crippen molar-refractivity contribution in [2.24, 2.45) is 5.92 Å². The van der Waals surface area contributed by atoms with Crippen molar-refractivity contribution < 1.29 is 9.53 Å². The maximum Gasteiger partial charge on any atom is 0.254 e. The van der Waals surface area contributed by atoms with E-state index in [9.17, 15) is 9.59 Å². The summed E-state index contributed by atoms with van der Waals surface area (Å²) in [7, 11) is 0. The highest BCUT2D eigenvalue weighted by Gasteiger charge is 2.28. The van der Waals surface area contributed by atoms with E-state index in [0.717, 1.165) is 51.3 Å². The molecule has 1 aromatic rings. The van der Waals surface area contributed by atoms with Crippen molar-refractivity contribution in [3.05, 3.63) is 21.6 Å². The molecule has 2 fully saturated rings. The summed E-state index contributed by atoms with van der Waals surface area (Å²) >= 11 is 1.41. The van der Waals surface area contributed by atoms with Crippen molar-refractivity contribution >= 4 is 17.7 Å². The highest BCUT2D eigenvalue weighted by molar-refractivity contribution is 7.98. The van der Waals surface area contributed by atoms with E-state index in [1.807, 2.05) is 18.1 Å². The van der Waals surface area contributed by atoms with Crippen molar-refractivity contribution in [1.29, 1.82) is 0 Å². The Balaban J connectivity index is 1.45. The van der Waals surface area contributed by atoms with Crippen molar-refractivity contribution in [3.63, 3.8) is 0 Å². The number of likely N-dealkylation sites (tertiary alicyclic amines) is 1. The number of amides is 1. The molecule has 7 nitrogen and oxygen atoms in total. The highest BCUT2D eigenvalue weighted by Crippen LogP contribution is 2.21. The molecule has 1 amide bonds. The second kappa shape index (κ2) is 10.1. The van der Waals surface area contributed by atoms with E-state index in [4.69, 9.17) is 4.74 Å². The van der Waals surface area contributed by atoms with Gasteiger partial charge in [0.05, 0.1) is 12.2 Å². The Morgan fingerprint density at radius 3 is 2.48 bits per heavy atom. The first-order chi connectivity index (χ1) is 13.9. The standard InChI is InChI=1S/C21H34N4O3S/c1-14-11-24(12-15(2)28-14)13-17-7-9-25(10-8-17)19(26)6-5-18-16(3)22-21(29-4)23-20(18)27/h14-15,17H,5-13H2,1-4H3,(H,22,23,27). The van der Waals surface area contributed by atoms with Crippen LogP contribution < -0.4 is 5.56 Å². The summed E-state index contributed by atoms with van der Waals surface area (Å²) in [5.41, 5.74) is 1.22. The van der Waals surface area contributed by atoms with E-state index in [-0.39, 0.29) is 11.5 Å². The summed E-state index contributed by atoms with van der Waals surface area (Å²) < 4.78 is 5.82. The number of nitrogens with one attached hydrogen (secondary N) is 1. The number of aromatic nitrogens is 2. The maximum atomic E-state index is 12.7. The zero-order chi connectivity index (χ0) is 21.0. The summed E-state index contributed by atoms with van der Waals surface area (Å²) in [5, 5.41) is 0.619. The fourth-order valence-corrected chi connectivity index (χ4v) is 4.95. The van der Waals surface area contributed by atoms with Crippen LogP contribution in [0.4, 0.5) is 0 Å². The summed E-state index contributed by atoms with van der Waals surface area (Å²) in [5.74, 6) is 0.787. The molecule has 3 rings (SSSR count). The molecule has 2 aliphatic rings. The summed E-state index contributed by atoms with van der Waals surface area (Å²) in [6.07, 6.45) is 5.40. The minimum Gasteiger partial charge on any atom is -0.373 e. The molecule has 2 aliphatic heterocycles. The molecule has 2 saturated heterocycles. The number of aromatic amines is 1. The molecule has 0 saturated carbocycles. The van der Waals surface area contributed by atoms with Crippen molar-refractivity contribution in [2.75, 3.05) is 39.0 Å². The van der Waals surface area contributed by atoms with E-state index in [0.29, 0.717) is 41.7 Å². The van der Waals surface area contributed by atoms with Gasteiger partial charge >= 0.3 is 0 Å². The third kappa shape index (κ3) is 6.06. The topological polar surface area (TPSA) is 78.5 Å². The fourth-order valence-electron chi connectivity index (χ4n) is 4.53. The van der Waals surface area contributed by atoms with Crippen LogP contribution in [0.3, 0.4) is 0 Å². The molecule has 162 valence electrons. The SMILES string of the molecule is CSc1nc(C)c(CCC(=O)N2CCC(CN3CC(C)OC(C)C3)CC2)c(=O)[nH]1. The number of morpholine rings is 1. The normalized spacial score (nSPS) is 24.1. The molecule has 0 spiro atoms. The van der Waals surface area contributed by atoms with Gasteiger partial charge in [-0.05, 0) is 52.2 Å². The minimum atomic E-state index is -0.123. The Hall–Kier alpha value is -1.38. The molecule has 2 unspecified atom stereocenters. The number of carbonyl (C=O) groups excluding carboxylic acids is 1. The lowest BCUT2D eigenvalue weighted by Gasteiger charge is -2.39. The van der Waals surface area contributed by atoms with Crippen LogP contribution in [-0.2, 0) is 16.0 Å². The zero-order valence-corrected chi connectivity index (χ0v) is 18.9. The van der Waals surface area contributed by atoms with E-state index in [2.05, 4.69) is 28.7 Å². The van der Waals surface area contributed by atoms with Crippen LogP contribution >= 0.6 is 11.8 Å². The number of hydrogen-bond acceptors (Lipinski definition) is 6. The van der Waals surface area contributed by atoms with Gasteiger partial charge in [-0.3, -0.25) is 14.5 Å². The van der Waals surface area contributed by atoms with Gasteiger partial charge in [-0.1, -0.05) is 11.8 Å². The van der Waals surface area contributed by atoms with Gasteiger partial charge in [0.15, 0.2) is 5.16 Å². The predicted molar refractivity (Wildman–Crippen MR) is 115 cm³/mol. The van der Waals surface area contributed by atoms with Crippen LogP contribution in [-0.4, -0.2) is 76.9 Å². The lowest BCUT2D eigenvalue weighted by molar-refractivity contribution is -0.132. The molecule has 2 atom stereocenters. The van der Waals surface area contributed by atoms with Gasteiger partial charge in [0.2, 0.25) is 5.91 Å². The van der Waals surface area contributed by atoms with E-state index >= 15 is 0 Å². The zero-order valence-electron chi connectivity index (χ0n) is 18.1. The van der Waals surface area contributed by atoms with Gasteiger partial charge < -0.3 is 14.6 Å². The Labute approximate surface area is 177 Å². The van der Waals surface area contributed by atoms with E-state index < -0.39 is 0 Å². The number of aryl methyl sites for hydroxylation is 1. The molecule has 1 N–H and O–H groups in total. The molecule has 0 aliphatic carbocycles. The molecule has 3 heterocycles. The first-order valence-electron chi connectivity index (χ1n) is 10.6.